The predicted octanol–water partition coefficient (Wildman–Crippen LogP) is 6.30. The van der Waals surface area contributed by atoms with Gasteiger partial charge in [-0.25, -0.2) is 23.8 Å². The molecule has 13 heteroatoms. The van der Waals surface area contributed by atoms with Crippen LogP contribution in [0.4, 0.5) is 37.5 Å². The Hall–Kier alpha value is -5.27. The van der Waals surface area contributed by atoms with Gasteiger partial charge in [0.1, 0.15) is 41.0 Å². The third-order valence-corrected chi connectivity index (χ3v) is 7.41. The minimum atomic E-state index is -0.506. The Morgan fingerprint density at radius 1 is 1.04 bits per heavy atom. The molecule has 4 aromatic rings. The average Bonchev–Trinajstić information content (AvgIpc) is 3.54. The van der Waals surface area contributed by atoms with Gasteiger partial charge in [-0.3, -0.25) is 9.63 Å². The van der Waals surface area contributed by atoms with E-state index in [-0.39, 0.29) is 17.4 Å². The molecule has 1 aliphatic rings. The van der Waals surface area contributed by atoms with E-state index >= 15 is 0 Å². The molecule has 1 aromatic heterocycles. The summed E-state index contributed by atoms with van der Waals surface area (Å²) in [5, 5.41) is 7.75. The number of amides is 1. The molecule has 2 N–H and O–H groups in total. The van der Waals surface area contributed by atoms with Crippen molar-refractivity contribution in [1.29, 1.82) is 0 Å². The van der Waals surface area contributed by atoms with Crippen molar-refractivity contribution in [2.75, 3.05) is 68.5 Å². The van der Waals surface area contributed by atoms with Crippen LogP contribution in [0.2, 0.25) is 0 Å². The van der Waals surface area contributed by atoms with Crippen LogP contribution >= 0.6 is 0 Å². The van der Waals surface area contributed by atoms with Gasteiger partial charge in [0.2, 0.25) is 5.91 Å². The Morgan fingerprint density at radius 2 is 1.85 bits per heavy atom. The van der Waals surface area contributed by atoms with Crippen LogP contribution in [-0.4, -0.2) is 68.7 Å². The Morgan fingerprint density at radius 3 is 2.60 bits per heavy atom. The van der Waals surface area contributed by atoms with Crippen LogP contribution in [0.3, 0.4) is 0 Å². The van der Waals surface area contributed by atoms with Crippen LogP contribution in [0.15, 0.2) is 79.6 Å². The summed E-state index contributed by atoms with van der Waals surface area (Å²) in [4.78, 5) is 31.2. The molecule has 1 atom stereocenters. The zero-order chi connectivity index (χ0) is 33.5. The number of carbonyl (C=O) groups is 1. The molecule has 47 heavy (non-hydrogen) atoms. The maximum atomic E-state index is 14.8. The van der Waals surface area contributed by atoms with Gasteiger partial charge in [-0.15, -0.1) is 0 Å². The lowest BCUT2D eigenvalue weighted by Gasteiger charge is -2.26. The van der Waals surface area contributed by atoms with E-state index in [9.17, 15) is 13.6 Å². The van der Waals surface area contributed by atoms with E-state index in [4.69, 9.17) is 14.3 Å². The number of hydroxylamine groups is 1. The van der Waals surface area contributed by atoms with Gasteiger partial charge < -0.3 is 29.9 Å². The number of halogens is 2. The van der Waals surface area contributed by atoms with Gasteiger partial charge in [0.15, 0.2) is 5.82 Å². The number of rotatable bonds is 13. The van der Waals surface area contributed by atoms with E-state index < -0.39 is 17.7 Å². The summed E-state index contributed by atoms with van der Waals surface area (Å²) in [6.07, 6.45) is 3.15. The summed E-state index contributed by atoms with van der Waals surface area (Å²) < 4.78 is 39.9. The number of hydrogen-bond donors (Lipinski definition) is 2. The maximum absolute atomic E-state index is 14.8. The number of nitrogens with one attached hydrogen (secondary N) is 2. The van der Waals surface area contributed by atoms with Gasteiger partial charge in [0, 0.05) is 50.8 Å². The Bertz CT molecular complexity index is 1740. The number of hydrogen-bond acceptors (Lipinski definition) is 10. The third-order valence-electron chi connectivity index (χ3n) is 7.41. The van der Waals surface area contributed by atoms with Crippen LogP contribution in [0, 0.1) is 11.6 Å². The van der Waals surface area contributed by atoms with Crippen molar-refractivity contribution in [1.82, 2.24) is 14.9 Å². The molecule has 1 fully saturated rings. The number of methoxy groups -OCH3 is 1. The number of aromatic nitrogens is 2. The summed E-state index contributed by atoms with van der Waals surface area (Å²) in [5.74, 6) is 0.538. The van der Waals surface area contributed by atoms with Crippen LogP contribution < -0.4 is 30.1 Å². The second-order valence-electron chi connectivity index (χ2n) is 11.1. The molecule has 0 spiro atoms. The highest BCUT2D eigenvalue weighted by molar-refractivity contribution is 6.02. The fourth-order valence-electron chi connectivity index (χ4n) is 5.08. The molecule has 5 rings (SSSR count). The van der Waals surface area contributed by atoms with E-state index in [1.54, 1.807) is 36.4 Å². The molecule has 1 amide bonds. The summed E-state index contributed by atoms with van der Waals surface area (Å²) >= 11 is 0. The molecule has 0 radical (unpaired) electrons. The topological polar surface area (TPSA) is 104 Å². The average molecular weight is 646 g/mol. The number of anilines is 5. The van der Waals surface area contributed by atoms with Crippen molar-refractivity contribution in [3.05, 3.63) is 96.8 Å². The van der Waals surface area contributed by atoms with Crippen LogP contribution in [0.1, 0.15) is 18.0 Å². The number of likely N-dealkylation sites (N-methyl/N-ethyl adjacent to an activating group) is 2. The van der Waals surface area contributed by atoms with Gasteiger partial charge in [0.05, 0.1) is 36.8 Å². The van der Waals surface area contributed by atoms with Gasteiger partial charge in [-0.1, -0.05) is 12.6 Å². The molecular formula is C34H37F2N7O4. The van der Waals surface area contributed by atoms with E-state index in [0.29, 0.717) is 53.9 Å². The second-order valence-corrected chi connectivity index (χ2v) is 11.1. The molecule has 0 bridgehead atoms. The summed E-state index contributed by atoms with van der Waals surface area (Å²) in [5.41, 5.74) is 2.46. The lowest BCUT2D eigenvalue weighted by atomic mass is 10.0. The van der Waals surface area contributed by atoms with Gasteiger partial charge in [-0.2, -0.15) is 0 Å². The van der Waals surface area contributed by atoms with E-state index in [2.05, 4.69) is 32.1 Å². The minimum absolute atomic E-state index is 0.227. The van der Waals surface area contributed by atoms with Crippen molar-refractivity contribution in [3.63, 3.8) is 0 Å². The minimum Gasteiger partial charge on any atom is -0.494 e. The Labute approximate surface area is 272 Å². The Balaban J connectivity index is 1.41. The highest BCUT2D eigenvalue weighted by Gasteiger charge is 2.30. The highest BCUT2D eigenvalue weighted by Crippen LogP contribution is 2.40. The summed E-state index contributed by atoms with van der Waals surface area (Å²) in [6, 6.07) is 14.9. The van der Waals surface area contributed by atoms with E-state index in [1.807, 2.05) is 32.1 Å². The molecule has 1 unspecified atom stereocenters. The molecule has 2 heterocycles. The largest absolute Gasteiger partial charge is 0.494 e. The third kappa shape index (κ3) is 8.31. The summed E-state index contributed by atoms with van der Waals surface area (Å²) in [6.45, 7) is 5.45. The second kappa shape index (κ2) is 14.9. The predicted molar refractivity (Wildman–Crippen MR) is 178 cm³/mol. The lowest BCUT2D eigenvalue weighted by Crippen LogP contribution is -2.29. The zero-order valence-corrected chi connectivity index (χ0v) is 26.7. The number of nitrogens with zero attached hydrogens (tertiary/aromatic N) is 5. The molecule has 246 valence electrons. The maximum Gasteiger partial charge on any atom is 0.247 e. The van der Waals surface area contributed by atoms with Crippen LogP contribution in [-0.2, 0) is 9.63 Å². The van der Waals surface area contributed by atoms with Gasteiger partial charge in [0.25, 0.3) is 0 Å². The lowest BCUT2D eigenvalue weighted by molar-refractivity contribution is -0.111. The first-order valence-corrected chi connectivity index (χ1v) is 14.9. The molecular weight excluding hydrogens is 608 g/mol. The van der Waals surface area contributed by atoms with Gasteiger partial charge in [-0.05, 0) is 56.1 Å². The van der Waals surface area contributed by atoms with Crippen molar-refractivity contribution in [3.8, 4) is 17.2 Å². The van der Waals surface area contributed by atoms with Crippen molar-refractivity contribution in [2.24, 2.45) is 0 Å². The number of ether oxygens (including phenoxy) is 2. The zero-order valence-electron chi connectivity index (χ0n) is 26.7. The van der Waals surface area contributed by atoms with Crippen LogP contribution in [0.25, 0.3) is 0 Å². The standard InChI is InChI=1S/C34H37F2N7O4/c1-6-34(44)40-27-18-28(31(45-5)19-30(27)42(4)12-11-41(2)3)39-32-20-33(38-21-37-32)43-29(10-13-46-43)22-14-24(36)17-26(15-22)47-25-9-7-8-23(35)16-25/h6-9,14-21,29H,1,10-13H2,2-5H3,(H,40,44)(H,37,38,39). The normalized spacial score (nSPS) is 14.2. The van der Waals surface area contributed by atoms with E-state index in [0.717, 1.165) is 12.2 Å². The quantitative estimate of drug-likeness (QED) is 0.161. The highest BCUT2D eigenvalue weighted by atomic mass is 19.1. The van der Waals surface area contributed by atoms with Crippen molar-refractivity contribution < 1.29 is 27.9 Å². The Kier molecular flexibility index (Phi) is 10.5. The number of carbonyl (C=O) groups excluding carboxylic acids is 1. The first-order valence-electron chi connectivity index (χ1n) is 14.9. The molecule has 1 aliphatic heterocycles. The van der Waals surface area contributed by atoms with Crippen LogP contribution in [0.5, 0.6) is 17.2 Å². The molecule has 1 saturated heterocycles. The van der Waals surface area contributed by atoms with Gasteiger partial charge >= 0.3 is 0 Å². The molecule has 0 aliphatic carbocycles. The first-order chi connectivity index (χ1) is 22.6. The smallest absolute Gasteiger partial charge is 0.247 e. The van der Waals surface area contributed by atoms with E-state index in [1.165, 1.54) is 42.7 Å². The fraction of sp³-hybridized carbons (Fsp3) is 0.265. The fourth-order valence-corrected chi connectivity index (χ4v) is 5.08. The monoisotopic (exact) mass is 645 g/mol. The summed E-state index contributed by atoms with van der Waals surface area (Å²) in [7, 11) is 7.48. The first kappa shape index (κ1) is 33.1. The molecule has 11 nitrogen and oxygen atoms in total. The number of benzene rings is 3. The molecule has 3 aromatic carbocycles. The SMILES string of the molecule is C=CC(=O)Nc1cc(Nc2cc(N3OCCC3c3cc(F)cc(Oc4cccc(F)c4)c3)ncn2)c(OC)cc1N(C)CCN(C)C. The van der Waals surface area contributed by atoms with Crippen molar-refractivity contribution in [2.45, 2.75) is 12.5 Å². The van der Waals surface area contributed by atoms with Crippen molar-refractivity contribution >= 4 is 34.6 Å². The molecule has 0 saturated carbocycles.